The standard InChI is InChI=1S/C18H19N3O2S.2C2HF3O2/c1-13-5-6-14(9-20-13)17(22)21-11-18(12-21)8-15(10-24-18)23-16-4-2-3-7-19-16;2*3-2(4,5)1(6)7/h2-7,9,15H,8,10-12H2,1H3;2*(H,6,7). The average Bonchev–Trinajstić information content (AvgIpc) is 3.22. The van der Waals surface area contributed by atoms with Crippen LogP contribution in [0.1, 0.15) is 22.5 Å². The van der Waals surface area contributed by atoms with Crippen molar-refractivity contribution >= 4 is 29.6 Å². The van der Waals surface area contributed by atoms with E-state index in [-0.39, 0.29) is 16.8 Å². The molecule has 38 heavy (non-hydrogen) atoms. The predicted octanol–water partition coefficient (Wildman–Crippen LogP) is 3.83. The number of hydrogen-bond acceptors (Lipinski definition) is 7. The molecule has 9 nitrogen and oxygen atoms in total. The van der Waals surface area contributed by atoms with Crippen LogP contribution in [0.4, 0.5) is 26.3 Å². The third-order valence-electron chi connectivity index (χ3n) is 4.99. The van der Waals surface area contributed by atoms with Gasteiger partial charge in [0.1, 0.15) is 6.10 Å². The van der Waals surface area contributed by atoms with E-state index in [0.29, 0.717) is 11.4 Å². The highest BCUT2D eigenvalue weighted by Crippen LogP contribution is 2.46. The lowest BCUT2D eigenvalue weighted by Crippen LogP contribution is -2.60. The van der Waals surface area contributed by atoms with Gasteiger partial charge in [0.15, 0.2) is 0 Å². The Morgan fingerprint density at radius 2 is 1.58 bits per heavy atom. The van der Waals surface area contributed by atoms with E-state index in [1.807, 2.05) is 53.9 Å². The van der Waals surface area contributed by atoms with Crippen LogP contribution in [0, 0.1) is 6.92 Å². The molecule has 0 aliphatic carbocycles. The largest absolute Gasteiger partial charge is 0.490 e. The summed E-state index contributed by atoms with van der Waals surface area (Å²) in [4.78, 5) is 40.6. The van der Waals surface area contributed by atoms with Crippen LogP contribution in [0.25, 0.3) is 0 Å². The minimum absolute atomic E-state index is 0.0721. The summed E-state index contributed by atoms with van der Waals surface area (Å²) in [5, 5.41) is 14.2. The van der Waals surface area contributed by atoms with Gasteiger partial charge < -0.3 is 19.8 Å². The summed E-state index contributed by atoms with van der Waals surface area (Å²) in [6.45, 7) is 3.49. The molecular weight excluding hydrogens is 548 g/mol. The maximum atomic E-state index is 12.5. The fourth-order valence-electron chi connectivity index (χ4n) is 3.26. The van der Waals surface area contributed by atoms with Gasteiger partial charge in [-0.15, -0.1) is 11.8 Å². The van der Waals surface area contributed by atoms with Gasteiger partial charge in [0, 0.05) is 49.4 Å². The molecule has 2 saturated heterocycles. The Morgan fingerprint density at radius 1 is 1.00 bits per heavy atom. The number of amides is 1. The first-order valence-electron chi connectivity index (χ1n) is 10.6. The number of aromatic nitrogens is 2. The molecule has 2 N–H and O–H groups in total. The number of thioether (sulfide) groups is 1. The van der Waals surface area contributed by atoms with Gasteiger partial charge in [0.05, 0.1) is 10.3 Å². The minimum Gasteiger partial charge on any atom is -0.475 e. The van der Waals surface area contributed by atoms with E-state index < -0.39 is 24.3 Å². The van der Waals surface area contributed by atoms with Crippen molar-refractivity contribution in [2.75, 3.05) is 18.8 Å². The molecule has 0 radical (unpaired) electrons. The first-order chi connectivity index (χ1) is 17.5. The zero-order valence-corrected chi connectivity index (χ0v) is 20.3. The van der Waals surface area contributed by atoms with Crippen LogP contribution in [0.15, 0.2) is 42.7 Å². The summed E-state index contributed by atoms with van der Waals surface area (Å²) in [6.07, 6.45) is -5.63. The molecule has 1 amide bonds. The maximum Gasteiger partial charge on any atom is 0.490 e. The summed E-state index contributed by atoms with van der Waals surface area (Å²) in [6, 6.07) is 9.43. The van der Waals surface area contributed by atoms with Crippen molar-refractivity contribution in [1.82, 2.24) is 14.9 Å². The number of carboxylic acid groups (broad SMARTS) is 2. The van der Waals surface area contributed by atoms with Crippen molar-refractivity contribution < 1.29 is 55.7 Å². The molecule has 0 bridgehead atoms. The van der Waals surface area contributed by atoms with Crippen LogP contribution in [-0.4, -0.2) is 85.0 Å². The maximum absolute atomic E-state index is 12.5. The van der Waals surface area contributed by atoms with Crippen LogP contribution < -0.4 is 4.74 Å². The molecule has 1 spiro atoms. The Bertz CT molecular complexity index is 1090. The SMILES string of the molecule is Cc1ccc(C(=O)N2CC3(CC(Oc4ccccn4)CS3)C2)cn1.O=C(O)C(F)(F)F.O=C(O)C(F)(F)F. The third-order valence-corrected chi connectivity index (χ3v) is 6.56. The summed E-state index contributed by atoms with van der Waals surface area (Å²) in [5.74, 6) is -3.81. The average molecular weight is 569 g/mol. The summed E-state index contributed by atoms with van der Waals surface area (Å²) >= 11 is 1.92. The first kappa shape index (κ1) is 30.7. The lowest BCUT2D eigenvalue weighted by atomic mass is 9.92. The monoisotopic (exact) mass is 569 g/mol. The number of pyridine rings is 2. The Hall–Kier alpha value is -3.56. The molecule has 2 aromatic rings. The lowest BCUT2D eigenvalue weighted by Gasteiger charge is -2.47. The van der Waals surface area contributed by atoms with Crippen LogP contribution in [0.5, 0.6) is 5.88 Å². The fourth-order valence-corrected chi connectivity index (χ4v) is 4.78. The molecule has 4 rings (SSSR count). The zero-order chi connectivity index (χ0) is 28.7. The molecule has 2 aromatic heterocycles. The molecule has 1 unspecified atom stereocenters. The molecule has 4 heterocycles. The number of carbonyl (C=O) groups excluding carboxylic acids is 1. The predicted molar refractivity (Wildman–Crippen MR) is 121 cm³/mol. The minimum atomic E-state index is -5.08. The summed E-state index contributed by atoms with van der Waals surface area (Å²) in [5.41, 5.74) is 1.59. The van der Waals surface area contributed by atoms with Crippen LogP contribution in [-0.2, 0) is 9.59 Å². The lowest BCUT2D eigenvalue weighted by molar-refractivity contribution is -0.193. The van der Waals surface area contributed by atoms with E-state index >= 15 is 0 Å². The van der Waals surface area contributed by atoms with Crippen LogP contribution >= 0.6 is 11.8 Å². The summed E-state index contributed by atoms with van der Waals surface area (Å²) < 4.78 is 69.6. The highest BCUT2D eigenvalue weighted by atomic mass is 32.2. The van der Waals surface area contributed by atoms with Gasteiger partial charge in [0.25, 0.3) is 5.91 Å². The van der Waals surface area contributed by atoms with Gasteiger partial charge in [0.2, 0.25) is 5.88 Å². The second-order valence-corrected chi connectivity index (χ2v) is 9.55. The Morgan fingerprint density at radius 3 is 2.03 bits per heavy atom. The summed E-state index contributed by atoms with van der Waals surface area (Å²) in [7, 11) is 0. The third kappa shape index (κ3) is 9.08. The highest BCUT2D eigenvalue weighted by Gasteiger charge is 2.51. The highest BCUT2D eigenvalue weighted by molar-refractivity contribution is 8.01. The quantitative estimate of drug-likeness (QED) is 0.530. The molecule has 2 aliphatic rings. The van der Waals surface area contributed by atoms with E-state index in [1.165, 1.54) is 0 Å². The number of aryl methyl sites for hydroxylation is 1. The van der Waals surface area contributed by atoms with Crippen LogP contribution in [0.3, 0.4) is 0 Å². The molecule has 0 saturated carbocycles. The van der Waals surface area contributed by atoms with E-state index in [9.17, 15) is 31.1 Å². The van der Waals surface area contributed by atoms with Gasteiger partial charge in [-0.1, -0.05) is 6.07 Å². The number of likely N-dealkylation sites (tertiary alicyclic amines) is 1. The second kappa shape index (κ2) is 12.3. The Balaban J connectivity index is 0.000000301. The molecule has 16 heteroatoms. The normalized spacial score (nSPS) is 17.8. The van der Waals surface area contributed by atoms with Gasteiger partial charge in [-0.05, 0) is 25.1 Å². The number of rotatable bonds is 3. The van der Waals surface area contributed by atoms with Crippen LogP contribution in [0.2, 0.25) is 0 Å². The van der Waals surface area contributed by atoms with E-state index in [0.717, 1.165) is 31.0 Å². The van der Waals surface area contributed by atoms with Gasteiger partial charge >= 0.3 is 24.3 Å². The molecule has 0 aromatic carbocycles. The van der Waals surface area contributed by atoms with E-state index in [4.69, 9.17) is 24.5 Å². The van der Waals surface area contributed by atoms with Crippen molar-refractivity contribution in [3.8, 4) is 5.88 Å². The number of aliphatic carboxylic acids is 2. The van der Waals surface area contributed by atoms with E-state index in [1.54, 1.807) is 12.4 Å². The number of carboxylic acids is 2. The Labute approximate surface area is 215 Å². The number of nitrogens with zero attached hydrogens (tertiary/aromatic N) is 3. The molecule has 2 aliphatic heterocycles. The van der Waals surface area contributed by atoms with Crippen molar-refractivity contribution in [3.63, 3.8) is 0 Å². The number of hydrogen-bond donors (Lipinski definition) is 2. The first-order valence-corrected chi connectivity index (χ1v) is 11.5. The number of alkyl halides is 6. The topological polar surface area (TPSA) is 130 Å². The van der Waals surface area contributed by atoms with Crippen molar-refractivity contribution in [2.24, 2.45) is 0 Å². The molecular formula is C22H21F6N3O6S. The van der Waals surface area contributed by atoms with Gasteiger partial charge in [-0.25, -0.2) is 14.6 Å². The van der Waals surface area contributed by atoms with Gasteiger partial charge in [-0.3, -0.25) is 9.78 Å². The molecule has 208 valence electrons. The van der Waals surface area contributed by atoms with Crippen molar-refractivity contribution in [3.05, 3.63) is 54.0 Å². The smallest absolute Gasteiger partial charge is 0.475 e. The van der Waals surface area contributed by atoms with Crippen molar-refractivity contribution in [1.29, 1.82) is 0 Å². The molecule has 1 atom stereocenters. The number of halogens is 6. The van der Waals surface area contributed by atoms with Gasteiger partial charge in [-0.2, -0.15) is 26.3 Å². The fraction of sp³-hybridized carbons (Fsp3) is 0.409. The number of ether oxygens (including phenoxy) is 1. The van der Waals surface area contributed by atoms with E-state index in [2.05, 4.69) is 9.97 Å². The second-order valence-electron chi connectivity index (χ2n) is 8.06. The molecule has 2 fully saturated rings. The number of carbonyl (C=O) groups is 3. The zero-order valence-electron chi connectivity index (χ0n) is 19.5. The van der Waals surface area contributed by atoms with Crippen molar-refractivity contribution in [2.45, 2.75) is 36.5 Å². The Kier molecular flexibility index (Phi) is 9.94.